The molecule has 1 rings (SSSR count). The summed E-state index contributed by atoms with van der Waals surface area (Å²) < 4.78 is 22.3. The van der Waals surface area contributed by atoms with Crippen molar-refractivity contribution in [2.24, 2.45) is 0 Å². The number of anilines is 1. The molecule has 0 saturated carbocycles. The van der Waals surface area contributed by atoms with Gasteiger partial charge in [-0.1, -0.05) is 6.92 Å². The van der Waals surface area contributed by atoms with Crippen LogP contribution in [-0.2, 0) is 16.3 Å². The lowest BCUT2D eigenvalue weighted by atomic mass is 10.3. The van der Waals surface area contributed by atoms with Crippen molar-refractivity contribution in [2.75, 3.05) is 12.0 Å². The Morgan fingerprint density at radius 3 is 2.50 bits per heavy atom. The molecule has 0 atom stereocenters. The van der Waals surface area contributed by atoms with Crippen molar-refractivity contribution in [3.05, 3.63) is 5.69 Å². The molecule has 6 heteroatoms. The SMILES string of the molecule is CCc1[nH]nc(N)c1S(C)(=O)=O. The van der Waals surface area contributed by atoms with Gasteiger partial charge < -0.3 is 5.73 Å². The summed E-state index contributed by atoms with van der Waals surface area (Å²) in [7, 11) is -3.25. The van der Waals surface area contributed by atoms with Crippen molar-refractivity contribution in [3.63, 3.8) is 0 Å². The van der Waals surface area contributed by atoms with Crippen molar-refractivity contribution in [3.8, 4) is 0 Å². The van der Waals surface area contributed by atoms with Crippen LogP contribution in [-0.4, -0.2) is 24.9 Å². The van der Waals surface area contributed by atoms with Gasteiger partial charge in [0.1, 0.15) is 4.90 Å². The molecule has 1 aromatic heterocycles. The molecule has 0 aromatic carbocycles. The quantitative estimate of drug-likeness (QED) is 0.683. The van der Waals surface area contributed by atoms with Crippen LogP contribution >= 0.6 is 0 Å². The van der Waals surface area contributed by atoms with Gasteiger partial charge in [0.25, 0.3) is 0 Å². The van der Waals surface area contributed by atoms with Crippen LogP contribution in [0.1, 0.15) is 12.6 Å². The highest BCUT2D eigenvalue weighted by Gasteiger charge is 2.18. The summed E-state index contributed by atoms with van der Waals surface area (Å²) in [5.74, 6) is 0.0503. The highest BCUT2D eigenvalue weighted by atomic mass is 32.2. The van der Waals surface area contributed by atoms with Crippen molar-refractivity contribution in [1.29, 1.82) is 0 Å². The fraction of sp³-hybridized carbons (Fsp3) is 0.500. The normalized spacial score (nSPS) is 11.8. The molecule has 1 heterocycles. The molecule has 0 amide bonds. The summed E-state index contributed by atoms with van der Waals surface area (Å²) in [5, 5.41) is 6.20. The number of hydrogen-bond acceptors (Lipinski definition) is 4. The van der Waals surface area contributed by atoms with Crippen LogP contribution in [0, 0.1) is 0 Å². The molecule has 12 heavy (non-hydrogen) atoms. The van der Waals surface area contributed by atoms with Crippen LogP contribution in [0.15, 0.2) is 4.90 Å². The maximum Gasteiger partial charge on any atom is 0.181 e. The number of nitrogens with two attached hydrogens (primary N) is 1. The highest BCUT2D eigenvalue weighted by molar-refractivity contribution is 7.91. The first-order valence-corrected chi connectivity index (χ1v) is 5.38. The molecule has 0 bridgehead atoms. The third-order valence-electron chi connectivity index (χ3n) is 1.54. The summed E-state index contributed by atoms with van der Waals surface area (Å²) in [6, 6.07) is 0. The third-order valence-corrected chi connectivity index (χ3v) is 2.74. The van der Waals surface area contributed by atoms with E-state index in [0.717, 1.165) is 6.26 Å². The molecule has 5 nitrogen and oxygen atoms in total. The fourth-order valence-corrected chi connectivity index (χ4v) is 2.10. The summed E-state index contributed by atoms with van der Waals surface area (Å²) in [6.07, 6.45) is 1.69. The predicted molar refractivity (Wildman–Crippen MR) is 45.5 cm³/mol. The predicted octanol–water partition coefficient (Wildman–Crippen LogP) is -0.0422. The van der Waals surface area contributed by atoms with Gasteiger partial charge in [-0.2, -0.15) is 5.10 Å². The first-order chi connectivity index (χ1) is 5.46. The second kappa shape index (κ2) is 2.78. The minimum Gasteiger partial charge on any atom is -0.381 e. The highest BCUT2D eigenvalue weighted by Crippen LogP contribution is 2.19. The van der Waals surface area contributed by atoms with Gasteiger partial charge >= 0.3 is 0 Å². The average molecular weight is 189 g/mol. The van der Waals surface area contributed by atoms with E-state index in [2.05, 4.69) is 10.2 Å². The molecule has 0 unspecified atom stereocenters. The van der Waals surface area contributed by atoms with Gasteiger partial charge in [-0.15, -0.1) is 0 Å². The van der Waals surface area contributed by atoms with Crippen molar-refractivity contribution < 1.29 is 8.42 Å². The lowest BCUT2D eigenvalue weighted by Gasteiger charge is -1.97. The molecule has 0 saturated heterocycles. The number of H-pyrrole nitrogens is 1. The largest absolute Gasteiger partial charge is 0.381 e. The van der Waals surface area contributed by atoms with Gasteiger partial charge in [-0.25, -0.2) is 8.42 Å². The summed E-state index contributed by atoms with van der Waals surface area (Å²) >= 11 is 0. The number of nitrogens with zero attached hydrogens (tertiary/aromatic N) is 1. The molecule has 0 spiro atoms. The Morgan fingerprint density at radius 2 is 2.17 bits per heavy atom. The van der Waals surface area contributed by atoms with Crippen LogP contribution in [0.4, 0.5) is 5.82 Å². The molecular weight excluding hydrogens is 178 g/mol. The molecule has 0 radical (unpaired) electrons. The Morgan fingerprint density at radius 1 is 1.58 bits per heavy atom. The first-order valence-electron chi connectivity index (χ1n) is 3.49. The standard InChI is InChI=1S/C6H11N3O2S/c1-3-4-5(12(2,10)11)6(7)9-8-4/h3H2,1-2H3,(H3,7,8,9). The lowest BCUT2D eigenvalue weighted by Crippen LogP contribution is -2.02. The zero-order valence-corrected chi connectivity index (χ0v) is 7.77. The zero-order valence-electron chi connectivity index (χ0n) is 6.96. The summed E-state index contributed by atoms with van der Waals surface area (Å²) in [4.78, 5) is 0.130. The molecule has 3 N–H and O–H groups in total. The van der Waals surface area contributed by atoms with E-state index in [0.29, 0.717) is 12.1 Å². The van der Waals surface area contributed by atoms with Crippen LogP contribution in [0.5, 0.6) is 0 Å². The van der Waals surface area contributed by atoms with E-state index < -0.39 is 9.84 Å². The number of rotatable bonds is 2. The second-order valence-electron chi connectivity index (χ2n) is 2.54. The Balaban J connectivity index is 3.39. The molecule has 0 aliphatic rings. The topological polar surface area (TPSA) is 88.8 Å². The molecule has 0 aliphatic heterocycles. The number of aromatic nitrogens is 2. The lowest BCUT2D eigenvalue weighted by molar-refractivity contribution is 0.601. The monoisotopic (exact) mass is 189 g/mol. The number of nitrogen functional groups attached to an aromatic ring is 1. The van der Waals surface area contributed by atoms with Crippen molar-refractivity contribution in [2.45, 2.75) is 18.2 Å². The Labute approximate surface area is 70.9 Å². The molecule has 0 aliphatic carbocycles. The first kappa shape index (κ1) is 9.05. The van der Waals surface area contributed by atoms with Crippen LogP contribution in [0.3, 0.4) is 0 Å². The van der Waals surface area contributed by atoms with E-state index in [1.807, 2.05) is 6.92 Å². The number of nitrogens with one attached hydrogen (secondary N) is 1. The maximum absolute atomic E-state index is 11.2. The van der Waals surface area contributed by atoms with Crippen LogP contribution < -0.4 is 5.73 Å². The number of sulfone groups is 1. The summed E-state index contributed by atoms with van der Waals surface area (Å²) in [5.41, 5.74) is 5.95. The minimum atomic E-state index is -3.25. The van der Waals surface area contributed by atoms with E-state index in [4.69, 9.17) is 5.73 Å². The fourth-order valence-electron chi connectivity index (χ4n) is 1.04. The smallest absolute Gasteiger partial charge is 0.181 e. The van der Waals surface area contributed by atoms with Gasteiger partial charge in [0.15, 0.2) is 15.7 Å². The average Bonchev–Trinajstić information content (AvgIpc) is 2.29. The van der Waals surface area contributed by atoms with Gasteiger partial charge in [0, 0.05) is 6.26 Å². The van der Waals surface area contributed by atoms with Crippen molar-refractivity contribution >= 4 is 15.7 Å². The van der Waals surface area contributed by atoms with Crippen LogP contribution in [0.2, 0.25) is 0 Å². The number of hydrogen-bond donors (Lipinski definition) is 2. The molecule has 1 aromatic rings. The van der Waals surface area contributed by atoms with Gasteiger partial charge in [-0.05, 0) is 6.42 Å². The molecule has 68 valence electrons. The maximum atomic E-state index is 11.2. The Kier molecular flexibility index (Phi) is 2.10. The molecular formula is C6H11N3O2S. The van der Waals surface area contributed by atoms with E-state index in [-0.39, 0.29) is 10.7 Å². The van der Waals surface area contributed by atoms with Gasteiger partial charge in [-0.3, -0.25) is 5.10 Å². The number of aromatic amines is 1. The summed E-state index contributed by atoms with van der Waals surface area (Å²) in [6.45, 7) is 1.83. The Hall–Kier alpha value is -1.04. The zero-order chi connectivity index (χ0) is 9.35. The third kappa shape index (κ3) is 1.42. The Bertz CT molecular complexity index is 379. The van der Waals surface area contributed by atoms with E-state index in [1.165, 1.54) is 0 Å². The van der Waals surface area contributed by atoms with Crippen LogP contribution in [0.25, 0.3) is 0 Å². The van der Waals surface area contributed by atoms with Crippen molar-refractivity contribution in [1.82, 2.24) is 10.2 Å². The van der Waals surface area contributed by atoms with Gasteiger partial charge in [0.2, 0.25) is 0 Å². The molecule has 0 fully saturated rings. The van der Waals surface area contributed by atoms with Gasteiger partial charge in [0.05, 0.1) is 5.69 Å². The van der Waals surface area contributed by atoms with E-state index in [9.17, 15) is 8.42 Å². The minimum absolute atomic E-state index is 0.0503. The second-order valence-corrected chi connectivity index (χ2v) is 4.49. The number of aryl methyl sites for hydroxylation is 1. The van der Waals surface area contributed by atoms with E-state index in [1.54, 1.807) is 0 Å². The van der Waals surface area contributed by atoms with E-state index >= 15 is 0 Å².